The van der Waals surface area contributed by atoms with E-state index in [0.29, 0.717) is 106 Å². The van der Waals surface area contributed by atoms with Crippen LogP contribution in [0.1, 0.15) is 174 Å². The Morgan fingerprint density at radius 3 is 1.19 bits per heavy atom. The van der Waals surface area contributed by atoms with Crippen molar-refractivity contribution in [2.75, 3.05) is 96.5 Å². The minimum absolute atomic E-state index is 0.000828. The van der Waals surface area contributed by atoms with Gasteiger partial charge in [0.1, 0.15) is 23.6 Å². The Balaban J connectivity index is 0.000000150. The number of nitrogens with zero attached hydrogens (tertiary/aromatic N) is 4. The Labute approximate surface area is 592 Å². The maximum Gasteiger partial charge on any atom is 0.238 e. The highest BCUT2D eigenvalue weighted by atomic mass is 79.9. The molecule has 16 atom stereocenters. The molecule has 24 nitrogen and oxygen atoms in total. The molecule has 0 spiro atoms. The number of pyridine rings is 4. The highest BCUT2D eigenvalue weighted by Gasteiger charge is 2.59. The molecule has 0 aromatic carbocycles. The number of carbonyl (C=O) groups excluding carboxylic acids is 2. The van der Waals surface area contributed by atoms with E-state index in [2.05, 4.69) is 63.7 Å². The molecule has 96 heavy (non-hydrogen) atoms. The van der Waals surface area contributed by atoms with Crippen LogP contribution in [0, 0.1) is 21.7 Å². The van der Waals surface area contributed by atoms with Crippen molar-refractivity contribution in [1.82, 2.24) is 18.3 Å². The van der Waals surface area contributed by atoms with Crippen LogP contribution in [0.5, 0.6) is 23.0 Å². The maximum absolute atomic E-state index is 13.4. The van der Waals surface area contributed by atoms with Crippen molar-refractivity contribution in [3.05, 3.63) is 106 Å². The molecule has 0 amide bonds. The summed E-state index contributed by atoms with van der Waals surface area (Å²) < 4.78 is 76.0. The molecule has 4 fully saturated rings. The minimum atomic E-state index is -0.880. The monoisotopic (exact) mass is 1600 g/mol. The Hall–Kier alpha value is -4.14. The van der Waals surface area contributed by atoms with Gasteiger partial charge in [-0.05, 0) is 156 Å². The molecule has 0 saturated carbocycles. The molecule has 0 bridgehead atoms. The van der Waals surface area contributed by atoms with Crippen LogP contribution < -0.4 is 40.7 Å². The Kier molecular flexibility index (Phi) is 24.6. The van der Waals surface area contributed by atoms with Crippen LogP contribution in [-0.2, 0) is 37.9 Å². The van der Waals surface area contributed by atoms with E-state index in [9.17, 15) is 39.0 Å². The van der Waals surface area contributed by atoms with Crippen LogP contribution in [-0.4, -0.2) is 173 Å². The molecule has 4 aromatic heterocycles. The number of ketones is 2. The summed E-state index contributed by atoms with van der Waals surface area (Å²) in [5, 5.41) is 22.4. The Bertz CT molecular complexity index is 3600. The van der Waals surface area contributed by atoms with Gasteiger partial charge in [-0.3, -0.25) is 28.8 Å². The van der Waals surface area contributed by atoms with Gasteiger partial charge in [-0.2, -0.15) is 0 Å². The second-order valence-corrected chi connectivity index (χ2v) is 30.5. The smallest absolute Gasteiger partial charge is 0.238 e. The largest absolute Gasteiger partial charge is 0.491 e. The quantitative estimate of drug-likeness (QED) is 0.106. The van der Waals surface area contributed by atoms with Gasteiger partial charge in [0, 0.05) is 104 Å². The number of halogens is 4. The highest BCUT2D eigenvalue weighted by Crippen LogP contribution is 2.57. The SMILES string of the molecule is COCCC1(C)C(=O)c2c(OC)c(=O)c(Br)cn2C2CC(C)OC21.COCCC1(C)C(=O)c2c(OC)c(=O)c(Br)cn2C2CCCOC21.COCCC1(C)C(O)c2c(OC)c(=O)c(Br)cn2C2CC(C)OC21.COCCC1(C)C(O)c2c(OC)c(=O)c(Br)cn2C2CCCOC21. The van der Waals surface area contributed by atoms with Gasteiger partial charge in [0.15, 0.2) is 34.6 Å². The van der Waals surface area contributed by atoms with E-state index in [0.717, 1.165) is 38.5 Å². The van der Waals surface area contributed by atoms with Crippen molar-refractivity contribution in [1.29, 1.82) is 0 Å². The highest BCUT2D eigenvalue weighted by molar-refractivity contribution is 9.11. The molecule has 12 rings (SSSR count). The van der Waals surface area contributed by atoms with E-state index in [1.807, 2.05) is 59.8 Å². The van der Waals surface area contributed by atoms with E-state index >= 15 is 0 Å². The first-order valence-electron chi connectivity index (χ1n) is 32.5. The summed E-state index contributed by atoms with van der Waals surface area (Å²) in [5.41, 5.74) is -1.95. The van der Waals surface area contributed by atoms with Gasteiger partial charge >= 0.3 is 0 Å². The van der Waals surface area contributed by atoms with Crippen LogP contribution in [0.15, 0.2) is 61.9 Å². The number of aromatic nitrogens is 4. The van der Waals surface area contributed by atoms with Gasteiger partial charge in [-0.15, -0.1) is 0 Å². The summed E-state index contributed by atoms with van der Waals surface area (Å²) in [6.45, 7) is 15.1. The van der Waals surface area contributed by atoms with E-state index in [1.165, 1.54) is 28.4 Å². The third kappa shape index (κ3) is 13.4. The summed E-state index contributed by atoms with van der Waals surface area (Å²) in [5.74, 6) is 0.335. The van der Waals surface area contributed by atoms with Crippen molar-refractivity contribution in [3.63, 3.8) is 0 Å². The first-order valence-corrected chi connectivity index (χ1v) is 35.7. The summed E-state index contributed by atoms with van der Waals surface area (Å²) in [6.07, 6.45) is 12.1. The lowest BCUT2D eigenvalue weighted by molar-refractivity contribution is -0.164. The second-order valence-electron chi connectivity index (χ2n) is 27.1. The zero-order chi connectivity index (χ0) is 70.3. The van der Waals surface area contributed by atoms with Crippen molar-refractivity contribution in [2.24, 2.45) is 21.7 Å². The van der Waals surface area contributed by atoms with Crippen LogP contribution >= 0.6 is 63.7 Å². The fourth-order valence-electron chi connectivity index (χ4n) is 16.0. The molecule has 16 unspecified atom stereocenters. The summed E-state index contributed by atoms with van der Waals surface area (Å²) in [7, 11) is 12.3. The fraction of sp³-hybridized carbons (Fsp3) is 0.676. The number of Topliss-reactive ketones (excluding diaryl/α,β-unsaturated/α-hetero) is 2. The van der Waals surface area contributed by atoms with Crippen molar-refractivity contribution in [2.45, 2.75) is 179 Å². The van der Waals surface area contributed by atoms with E-state index in [-0.39, 0.29) is 117 Å². The first kappa shape index (κ1) is 76.0. The molecule has 12 heterocycles. The summed E-state index contributed by atoms with van der Waals surface area (Å²) >= 11 is 13.2. The topological polar surface area (TPSA) is 273 Å². The van der Waals surface area contributed by atoms with Gasteiger partial charge in [0.05, 0.1) is 129 Å². The molecule has 0 aliphatic carbocycles. The predicted octanol–water partition coefficient (Wildman–Crippen LogP) is 10.0. The van der Waals surface area contributed by atoms with E-state index < -0.39 is 33.9 Å². The van der Waals surface area contributed by atoms with Gasteiger partial charge < -0.3 is 85.3 Å². The third-order valence-electron chi connectivity index (χ3n) is 21.2. The van der Waals surface area contributed by atoms with Crippen LogP contribution in [0.2, 0.25) is 0 Å². The molecule has 0 radical (unpaired) electrons. The third-order valence-corrected chi connectivity index (χ3v) is 23.5. The van der Waals surface area contributed by atoms with E-state index in [4.69, 9.17) is 56.8 Å². The summed E-state index contributed by atoms with van der Waals surface area (Å²) in [6, 6.07) is 0.0929. The maximum atomic E-state index is 13.4. The first-order chi connectivity index (χ1) is 45.6. The van der Waals surface area contributed by atoms with Crippen LogP contribution in [0.25, 0.3) is 0 Å². The second kappa shape index (κ2) is 31.0. The van der Waals surface area contributed by atoms with Gasteiger partial charge in [-0.25, -0.2) is 0 Å². The number of ether oxygens (including phenoxy) is 12. The van der Waals surface area contributed by atoms with Crippen molar-refractivity contribution < 1.29 is 76.6 Å². The van der Waals surface area contributed by atoms with Crippen LogP contribution in [0.3, 0.4) is 0 Å². The molecular formula is C68H92Br4N4O20. The summed E-state index contributed by atoms with van der Waals surface area (Å²) in [4.78, 5) is 76.4. The normalized spacial score (nSPS) is 31.9. The van der Waals surface area contributed by atoms with Crippen LogP contribution in [0.4, 0.5) is 0 Å². The lowest BCUT2D eigenvalue weighted by Crippen LogP contribution is -2.54. The molecule has 4 aromatic rings. The minimum Gasteiger partial charge on any atom is -0.491 e. The number of hydrogen-bond donors (Lipinski definition) is 2. The Morgan fingerprint density at radius 1 is 0.448 bits per heavy atom. The molecule has 8 aliphatic heterocycles. The zero-order valence-electron chi connectivity index (χ0n) is 57.1. The molecule has 28 heteroatoms. The number of aliphatic hydroxyl groups excluding tert-OH is 2. The molecule has 8 aliphatic rings. The fourth-order valence-corrected chi connectivity index (χ4v) is 17.6. The number of carbonyl (C=O) groups is 2. The number of rotatable bonds is 16. The van der Waals surface area contributed by atoms with Gasteiger partial charge in [0.2, 0.25) is 21.7 Å². The number of methoxy groups -OCH3 is 8. The average molecular weight is 1610 g/mol. The van der Waals surface area contributed by atoms with Crippen molar-refractivity contribution >= 4 is 75.3 Å². The van der Waals surface area contributed by atoms with Crippen molar-refractivity contribution in [3.8, 4) is 23.0 Å². The lowest BCUT2D eigenvalue weighted by Gasteiger charge is -2.52. The lowest BCUT2D eigenvalue weighted by atomic mass is 9.68. The average Bonchev–Trinajstić information content (AvgIpc) is 1.26. The molecule has 532 valence electrons. The van der Waals surface area contributed by atoms with Gasteiger partial charge in [0.25, 0.3) is 0 Å². The predicted molar refractivity (Wildman–Crippen MR) is 369 cm³/mol. The number of aliphatic hydroxyl groups is 2. The molecule has 2 N–H and O–H groups in total. The molecule has 4 saturated heterocycles. The molecular weight excluding hydrogens is 1510 g/mol. The van der Waals surface area contributed by atoms with E-state index in [1.54, 1.807) is 53.2 Å². The number of fused-ring (bicyclic) bond motifs is 12. The Morgan fingerprint density at radius 2 is 0.771 bits per heavy atom. The standard InChI is InChI=1S/C17H24BrNO5.C17H22BrNO5.C17H24BrNO5.C17H22BrNO5/c2*1-9-7-11-16(24-9)17(2,5-6-22-3)15(21)12-14(23-4)13(20)10(18)8-19(11)12;2*1-17(6-8-22-2)15(21)12-14(23-3)13(20)10(18)9-19(12)11-5-4-7-24-16(11)17/h8-9,11,15-16,21H,5-7H2,1-4H3;8-9,11,16H,5-7H2,1-4H3;9,11,15-16,21H,4-8H2,1-3H3;9,11,16H,4-8H2,1-3H3. The number of hydrogen-bond acceptors (Lipinski definition) is 20. The zero-order valence-corrected chi connectivity index (χ0v) is 63.4. The van der Waals surface area contributed by atoms with Gasteiger partial charge in [-0.1, -0.05) is 13.8 Å².